The smallest absolute Gasteiger partial charge is 0.408 e. The molecule has 4 fully saturated rings. The summed E-state index contributed by atoms with van der Waals surface area (Å²) in [6.07, 6.45) is 7.90. The van der Waals surface area contributed by atoms with Crippen LogP contribution in [-0.4, -0.2) is 46.3 Å². The van der Waals surface area contributed by atoms with Gasteiger partial charge in [-0.05, 0) is 77.6 Å². The van der Waals surface area contributed by atoms with Gasteiger partial charge in [-0.1, -0.05) is 26.0 Å². The molecule has 2 saturated carbocycles. The zero-order valence-corrected chi connectivity index (χ0v) is 19.9. The molecule has 175 valence electrons. The number of hydroxylamine groups is 2. The van der Waals surface area contributed by atoms with Gasteiger partial charge in [0.2, 0.25) is 5.91 Å². The van der Waals surface area contributed by atoms with Crippen molar-refractivity contribution in [1.29, 1.82) is 0 Å². The molecule has 0 aromatic heterocycles. The van der Waals surface area contributed by atoms with Gasteiger partial charge < -0.3 is 15.4 Å². The number of alkyl carbamates (subject to hydrolysis) is 1. The number of nitrogens with one attached hydrogen (secondary N) is 2. The van der Waals surface area contributed by atoms with E-state index in [0.29, 0.717) is 17.8 Å². The zero-order valence-electron chi connectivity index (χ0n) is 19.9. The molecular formula is C24H40N3O4. The SMILES string of the molecule is CC(C)CC(/C=C/CC(=O)NC1C2CC3CC1CC(C)(C2)N3[O])NC(=O)OC(C)(C)C. The highest BCUT2D eigenvalue weighted by molar-refractivity contribution is 5.78. The highest BCUT2D eigenvalue weighted by Crippen LogP contribution is 2.53. The average Bonchev–Trinajstić information content (AvgIpc) is 2.58. The third-order valence-corrected chi connectivity index (χ3v) is 6.86. The van der Waals surface area contributed by atoms with Crippen molar-refractivity contribution in [3.05, 3.63) is 12.2 Å². The normalized spacial score (nSPS) is 33.7. The summed E-state index contributed by atoms with van der Waals surface area (Å²) in [5.74, 6) is 1.22. The van der Waals surface area contributed by atoms with Crippen molar-refractivity contribution >= 4 is 12.0 Å². The molecule has 3 atom stereocenters. The van der Waals surface area contributed by atoms with Crippen LogP contribution in [0.4, 0.5) is 4.79 Å². The fourth-order valence-electron chi connectivity index (χ4n) is 5.89. The Morgan fingerprint density at radius 3 is 2.32 bits per heavy atom. The quantitative estimate of drug-likeness (QED) is 0.593. The van der Waals surface area contributed by atoms with E-state index in [1.54, 1.807) is 0 Å². The van der Waals surface area contributed by atoms with Gasteiger partial charge in [-0.3, -0.25) is 4.79 Å². The first-order valence-corrected chi connectivity index (χ1v) is 11.8. The van der Waals surface area contributed by atoms with Crippen molar-refractivity contribution in [2.24, 2.45) is 17.8 Å². The third-order valence-electron chi connectivity index (χ3n) is 6.86. The molecule has 2 saturated heterocycles. The fourth-order valence-corrected chi connectivity index (χ4v) is 5.89. The van der Waals surface area contributed by atoms with Crippen molar-refractivity contribution in [3.8, 4) is 0 Å². The summed E-state index contributed by atoms with van der Waals surface area (Å²) in [5.41, 5.74) is -0.788. The molecule has 0 aromatic carbocycles. The van der Waals surface area contributed by atoms with Crippen LogP contribution >= 0.6 is 0 Å². The summed E-state index contributed by atoms with van der Waals surface area (Å²) in [6, 6.07) is 0.142. The Labute approximate surface area is 186 Å². The number of rotatable bonds is 7. The second-order valence-electron chi connectivity index (χ2n) is 11.5. The summed E-state index contributed by atoms with van der Waals surface area (Å²) in [4.78, 5) is 24.8. The third kappa shape index (κ3) is 6.01. The first-order valence-electron chi connectivity index (χ1n) is 11.8. The Morgan fingerprint density at radius 1 is 1.19 bits per heavy atom. The second kappa shape index (κ2) is 9.10. The molecule has 2 heterocycles. The topological polar surface area (TPSA) is 90.6 Å². The molecule has 0 aromatic rings. The summed E-state index contributed by atoms with van der Waals surface area (Å²) in [6.45, 7) is 11.8. The predicted octanol–water partition coefficient (Wildman–Crippen LogP) is 3.97. The van der Waals surface area contributed by atoms with E-state index in [4.69, 9.17) is 4.74 Å². The first kappa shape index (κ1) is 24.1. The summed E-state index contributed by atoms with van der Waals surface area (Å²) < 4.78 is 5.36. The Hall–Kier alpha value is -1.60. The zero-order chi connectivity index (χ0) is 23.0. The number of hydrogen-bond donors (Lipinski definition) is 2. The largest absolute Gasteiger partial charge is 0.444 e. The molecule has 2 amide bonds. The standard InChI is InChI=1S/C24H40N3O4/c1-15(2)10-18(25-22(29)31-23(3,4)5)8-7-9-20(28)26-21-16-11-19-12-17(21)14-24(6,13-16)27(19)30/h7-8,15-19,21H,9-14H2,1-6H3,(H,25,29)(H,26,28)/b8-7+. The van der Waals surface area contributed by atoms with Crippen molar-refractivity contribution in [3.63, 3.8) is 0 Å². The van der Waals surface area contributed by atoms with Gasteiger partial charge in [-0.15, -0.1) is 10.3 Å². The Balaban J connectivity index is 1.51. The van der Waals surface area contributed by atoms with E-state index in [1.165, 1.54) is 5.06 Å². The highest BCUT2D eigenvalue weighted by atomic mass is 16.6. The van der Waals surface area contributed by atoms with Crippen LogP contribution in [0.1, 0.15) is 80.1 Å². The van der Waals surface area contributed by atoms with E-state index >= 15 is 0 Å². The van der Waals surface area contributed by atoms with E-state index in [2.05, 4.69) is 31.4 Å². The lowest BCUT2D eigenvalue weighted by atomic mass is 9.57. The van der Waals surface area contributed by atoms with Crippen LogP contribution in [0.15, 0.2) is 12.2 Å². The monoisotopic (exact) mass is 434 g/mol. The van der Waals surface area contributed by atoms with Crippen LogP contribution in [0.25, 0.3) is 0 Å². The number of piperidine rings is 2. The molecule has 2 aliphatic carbocycles. The minimum atomic E-state index is -0.547. The van der Waals surface area contributed by atoms with E-state index in [1.807, 2.05) is 32.9 Å². The average molecular weight is 435 g/mol. The van der Waals surface area contributed by atoms with Gasteiger partial charge >= 0.3 is 6.09 Å². The molecule has 31 heavy (non-hydrogen) atoms. The van der Waals surface area contributed by atoms with Crippen molar-refractivity contribution in [1.82, 2.24) is 15.7 Å². The van der Waals surface area contributed by atoms with Gasteiger partial charge in [-0.25, -0.2) is 4.79 Å². The first-order chi connectivity index (χ1) is 14.4. The van der Waals surface area contributed by atoms with Gasteiger partial charge in [0.05, 0.1) is 6.04 Å². The Kier molecular flexibility index (Phi) is 7.06. The van der Waals surface area contributed by atoms with Crippen molar-refractivity contribution in [2.45, 2.75) is 109 Å². The molecule has 2 N–H and O–H groups in total. The molecule has 4 bridgehead atoms. The maximum atomic E-state index is 12.6. The number of carbonyl (C=O) groups excluding carboxylic acids is 2. The molecule has 4 rings (SSSR count). The van der Waals surface area contributed by atoms with Crippen molar-refractivity contribution < 1.29 is 19.5 Å². The highest BCUT2D eigenvalue weighted by Gasteiger charge is 2.58. The van der Waals surface area contributed by atoms with Crippen LogP contribution in [0.2, 0.25) is 0 Å². The minimum absolute atomic E-state index is 0.0124. The number of ether oxygens (including phenoxy) is 1. The lowest BCUT2D eigenvalue weighted by Gasteiger charge is -2.61. The molecule has 2 aliphatic heterocycles. The lowest BCUT2D eigenvalue weighted by molar-refractivity contribution is -0.311. The molecule has 1 radical (unpaired) electrons. The van der Waals surface area contributed by atoms with E-state index in [-0.39, 0.29) is 36.0 Å². The Morgan fingerprint density at radius 2 is 1.81 bits per heavy atom. The van der Waals surface area contributed by atoms with Crippen LogP contribution in [0, 0.1) is 17.8 Å². The summed E-state index contributed by atoms with van der Waals surface area (Å²) in [7, 11) is 0. The van der Waals surface area contributed by atoms with Gasteiger partial charge in [0.25, 0.3) is 0 Å². The molecule has 0 spiro atoms. The molecule has 7 nitrogen and oxygen atoms in total. The Bertz CT molecular complexity index is 683. The number of nitrogens with zero attached hydrogens (tertiary/aromatic N) is 1. The fraction of sp³-hybridized carbons (Fsp3) is 0.833. The van der Waals surface area contributed by atoms with E-state index in [9.17, 15) is 14.8 Å². The molecule has 4 aliphatic rings. The van der Waals surface area contributed by atoms with Crippen LogP contribution in [-0.2, 0) is 14.7 Å². The minimum Gasteiger partial charge on any atom is -0.444 e. The maximum Gasteiger partial charge on any atom is 0.408 e. The van der Waals surface area contributed by atoms with E-state index in [0.717, 1.165) is 32.1 Å². The number of amides is 2. The van der Waals surface area contributed by atoms with Gasteiger partial charge in [0.15, 0.2) is 0 Å². The lowest BCUT2D eigenvalue weighted by Crippen LogP contribution is -2.69. The number of carbonyl (C=O) groups is 2. The molecule has 7 heteroatoms. The van der Waals surface area contributed by atoms with Crippen LogP contribution in [0.5, 0.6) is 0 Å². The second-order valence-corrected chi connectivity index (χ2v) is 11.5. The van der Waals surface area contributed by atoms with Gasteiger partial charge in [-0.2, -0.15) is 0 Å². The molecule has 3 unspecified atom stereocenters. The predicted molar refractivity (Wildman–Crippen MR) is 118 cm³/mol. The number of hydrogen-bond acceptors (Lipinski definition) is 4. The molecular weight excluding hydrogens is 394 g/mol. The summed E-state index contributed by atoms with van der Waals surface area (Å²) >= 11 is 0. The van der Waals surface area contributed by atoms with Crippen LogP contribution in [0.3, 0.4) is 0 Å². The van der Waals surface area contributed by atoms with Crippen molar-refractivity contribution in [2.75, 3.05) is 0 Å². The van der Waals surface area contributed by atoms with Gasteiger partial charge in [0.1, 0.15) is 5.60 Å². The van der Waals surface area contributed by atoms with E-state index < -0.39 is 11.7 Å². The summed E-state index contributed by atoms with van der Waals surface area (Å²) in [5, 5.41) is 19.9. The van der Waals surface area contributed by atoms with Crippen LogP contribution < -0.4 is 10.6 Å². The maximum absolute atomic E-state index is 12.6. The van der Waals surface area contributed by atoms with Gasteiger partial charge in [0, 0.05) is 24.0 Å².